The molecule has 0 aromatic rings. The van der Waals surface area contributed by atoms with Crippen molar-refractivity contribution < 1.29 is 8.42 Å². The Morgan fingerprint density at radius 2 is 1.76 bits per heavy atom. The van der Waals surface area contributed by atoms with Gasteiger partial charge in [-0.25, -0.2) is 12.7 Å². The van der Waals surface area contributed by atoms with Crippen molar-refractivity contribution in [3.63, 3.8) is 0 Å². The molecule has 0 aromatic carbocycles. The van der Waals surface area contributed by atoms with E-state index < -0.39 is 10.0 Å². The third-order valence-electron chi connectivity index (χ3n) is 2.65. The van der Waals surface area contributed by atoms with Crippen LogP contribution in [0, 0.1) is 5.92 Å². The van der Waals surface area contributed by atoms with Gasteiger partial charge in [0.1, 0.15) is 0 Å². The van der Waals surface area contributed by atoms with E-state index in [1.807, 2.05) is 20.8 Å². The Morgan fingerprint density at radius 1 is 1.18 bits per heavy atom. The molecule has 0 saturated heterocycles. The molecule has 0 bridgehead atoms. The van der Waals surface area contributed by atoms with Crippen molar-refractivity contribution in [2.24, 2.45) is 5.92 Å². The second-order valence-electron chi connectivity index (χ2n) is 4.90. The Labute approximate surface area is 107 Å². The van der Waals surface area contributed by atoms with Crippen LogP contribution in [-0.4, -0.2) is 44.2 Å². The maximum absolute atomic E-state index is 12.3. The number of nitrogens with one attached hydrogen (secondary N) is 1. The van der Waals surface area contributed by atoms with Gasteiger partial charge >= 0.3 is 0 Å². The van der Waals surface area contributed by atoms with Crippen LogP contribution >= 0.6 is 0 Å². The first-order valence-corrected chi connectivity index (χ1v) is 8.06. The minimum absolute atomic E-state index is 0.354. The third kappa shape index (κ3) is 5.84. The summed E-state index contributed by atoms with van der Waals surface area (Å²) in [5.41, 5.74) is 0. The Bertz CT molecular complexity index is 289. The Hall–Kier alpha value is -0.130. The molecule has 0 saturated carbocycles. The first-order chi connectivity index (χ1) is 7.86. The van der Waals surface area contributed by atoms with Gasteiger partial charge in [0.25, 0.3) is 0 Å². The predicted molar refractivity (Wildman–Crippen MR) is 73.6 cm³/mol. The number of sulfonamides is 1. The fourth-order valence-electron chi connectivity index (χ4n) is 1.66. The molecule has 1 N–H and O–H groups in total. The van der Waals surface area contributed by atoms with Gasteiger partial charge in [-0.05, 0) is 25.8 Å². The van der Waals surface area contributed by atoms with Crippen molar-refractivity contribution in [3.05, 3.63) is 0 Å². The molecule has 4 nitrogen and oxygen atoms in total. The summed E-state index contributed by atoms with van der Waals surface area (Å²) in [5.74, 6) is 0.362. The maximum Gasteiger partial charge on any atom is 0.217 e. The molecular weight excluding hydrogens is 236 g/mol. The van der Waals surface area contributed by atoms with Crippen LogP contribution in [0.5, 0.6) is 0 Å². The first kappa shape index (κ1) is 16.9. The highest BCUT2D eigenvalue weighted by molar-refractivity contribution is 7.89. The normalized spacial score (nSPS) is 14.5. The van der Waals surface area contributed by atoms with Gasteiger partial charge in [-0.1, -0.05) is 27.7 Å². The molecule has 0 aromatic heterocycles. The van der Waals surface area contributed by atoms with Crippen LogP contribution in [0.4, 0.5) is 0 Å². The quantitative estimate of drug-likeness (QED) is 0.645. The third-order valence-corrected chi connectivity index (χ3v) is 4.96. The highest BCUT2D eigenvalue weighted by Gasteiger charge is 2.27. The number of hydrogen-bond acceptors (Lipinski definition) is 3. The predicted octanol–water partition coefficient (Wildman–Crippen LogP) is 1.68. The lowest BCUT2D eigenvalue weighted by Gasteiger charge is -2.26. The van der Waals surface area contributed by atoms with E-state index in [2.05, 4.69) is 12.2 Å². The van der Waals surface area contributed by atoms with E-state index in [9.17, 15) is 8.42 Å². The number of hydrogen-bond donors (Lipinski definition) is 1. The molecule has 0 spiro atoms. The van der Waals surface area contributed by atoms with Crippen molar-refractivity contribution in [1.29, 1.82) is 0 Å². The molecule has 17 heavy (non-hydrogen) atoms. The molecule has 0 aliphatic heterocycles. The highest BCUT2D eigenvalue weighted by Crippen LogP contribution is 2.11. The lowest BCUT2D eigenvalue weighted by atomic mass is 10.2. The zero-order valence-electron chi connectivity index (χ0n) is 11.9. The van der Waals surface area contributed by atoms with E-state index in [0.717, 1.165) is 13.0 Å². The average molecular weight is 264 g/mol. The van der Waals surface area contributed by atoms with Gasteiger partial charge in [-0.3, -0.25) is 0 Å². The zero-order valence-corrected chi connectivity index (χ0v) is 12.7. The summed E-state index contributed by atoms with van der Waals surface area (Å²) in [5, 5.41) is 2.81. The van der Waals surface area contributed by atoms with E-state index in [1.54, 1.807) is 11.2 Å². The van der Waals surface area contributed by atoms with Crippen LogP contribution in [0.15, 0.2) is 0 Å². The number of nitrogens with zero attached hydrogens (tertiary/aromatic N) is 1. The molecule has 0 aliphatic rings. The molecule has 1 unspecified atom stereocenters. The average Bonchev–Trinajstić information content (AvgIpc) is 2.25. The molecule has 0 fully saturated rings. The lowest BCUT2D eigenvalue weighted by Crippen LogP contribution is -2.43. The van der Waals surface area contributed by atoms with Crippen LogP contribution in [0.1, 0.15) is 41.0 Å². The van der Waals surface area contributed by atoms with Gasteiger partial charge in [0, 0.05) is 19.6 Å². The minimum atomic E-state index is -3.16. The second-order valence-corrected chi connectivity index (χ2v) is 7.26. The molecule has 0 amide bonds. The Balaban J connectivity index is 4.49. The molecule has 5 heteroatoms. The summed E-state index contributed by atoms with van der Waals surface area (Å²) in [4.78, 5) is 0. The molecule has 104 valence electrons. The van der Waals surface area contributed by atoms with Crippen LogP contribution in [0.3, 0.4) is 0 Å². The second kappa shape index (κ2) is 8.06. The number of rotatable bonds is 9. The molecule has 0 radical (unpaired) electrons. The fourth-order valence-corrected chi connectivity index (χ4v) is 3.37. The van der Waals surface area contributed by atoms with Gasteiger partial charge in [-0.2, -0.15) is 0 Å². The van der Waals surface area contributed by atoms with E-state index >= 15 is 0 Å². The van der Waals surface area contributed by atoms with E-state index in [0.29, 0.717) is 25.6 Å². The van der Waals surface area contributed by atoms with E-state index in [1.165, 1.54) is 0 Å². The molecule has 1 atom stereocenters. The van der Waals surface area contributed by atoms with Crippen LogP contribution in [0.25, 0.3) is 0 Å². The van der Waals surface area contributed by atoms with E-state index in [-0.39, 0.29) is 5.25 Å². The van der Waals surface area contributed by atoms with Gasteiger partial charge in [-0.15, -0.1) is 0 Å². The van der Waals surface area contributed by atoms with E-state index in [4.69, 9.17) is 0 Å². The largest absolute Gasteiger partial charge is 0.315 e. The zero-order chi connectivity index (χ0) is 13.5. The van der Waals surface area contributed by atoms with Crippen molar-refractivity contribution in [2.75, 3.05) is 26.2 Å². The fraction of sp³-hybridized carbons (Fsp3) is 1.00. The molecule has 0 rings (SSSR count). The van der Waals surface area contributed by atoms with Crippen molar-refractivity contribution in [3.8, 4) is 0 Å². The van der Waals surface area contributed by atoms with Crippen LogP contribution < -0.4 is 5.32 Å². The SMILES string of the molecule is CCCNCC(C)S(=O)(=O)N(CC)CC(C)C. The standard InChI is InChI=1S/C12H28N2O2S/c1-6-8-13-9-12(5)17(15,16)14(7-2)10-11(3)4/h11-13H,6-10H2,1-5H3. The first-order valence-electron chi connectivity index (χ1n) is 6.55. The monoisotopic (exact) mass is 264 g/mol. The summed E-state index contributed by atoms with van der Waals surface area (Å²) in [6.45, 7) is 12.4. The van der Waals surface area contributed by atoms with Crippen molar-refractivity contribution >= 4 is 10.0 Å². The Kier molecular flexibility index (Phi) is 8.00. The lowest BCUT2D eigenvalue weighted by molar-refractivity contribution is 0.375. The summed E-state index contributed by atoms with van der Waals surface area (Å²) >= 11 is 0. The summed E-state index contributed by atoms with van der Waals surface area (Å²) in [7, 11) is -3.16. The molecule has 0 heterocycles. The summed E-state index contributed by atoms with van der Waals surface area (Å²) < 4.78 is 26.1. The minimum Gasteiger partial charge on any atom is -0.315 e. The smallest absolute Gasteiger partial charge is 0.217 e. The van der Waals surface area contributed by atoms with Gasteiger partial charge in [0.15, 0.2) is 0 Å². The van der Waals surface area contributed by atoms with Crippen molar-refractivity contribution in [1.82, 2.24) is 9.62 Å². The molecular formula is C12H28N2O2S. The van der Waals surface area contributed by atoms with Gasteiger partial charge in [0.05, 0.1) is 5.25 Å². The van der Waals surface area contributed by atoms with Gasteiger partial charge < -0.3 is 5.32 Å². The maximum atomic E-state index is 12.3. The summed E-state index contributed by atoms with van der Waals surface area (Å²) in [6, 6.07) is 0. The summed E-state index contributed by atoms with van der Waals surface area (Å²) in [6.07, 6.45) is 1.02. The van der Waals surface area contributed by atoms with Crippen molar-refractivity contribution in [2.45, 2.75) is 46.3 Å². The highest BCUT2D eigenvalue weighted by atomic mass is 32.2. The van der Waals surface area contributed by atoms with Crippen LogP contribution in [0.2, 0.25) is 0 Å². The topological polar surface area (TPSA) is 49.4 Å². The van der Waals surface area contributed by atoms with Gasteiger partial charge in [0.2, 0.25) is 10.0 Å². The Morgan fingerprint density at radius 3 is 2.18 bits per heavy atom. The molecule has 0 aliphatic carbocycles. The van der Waals surface area contributed by atoms with Crippen LogP contribution in [-0.2, 0) is 10.0 Å².